The predicted octanol–water partition coefficient (Wildman–Crippen LogP) is 1.67. The first-order chi connectivity index (χ1) is 7.25. The van der Waals surface area contributed by atoms with E-state index < -0.39 is 0 Å². The van der Waals surface area contributed by atoms with Crippen LogP contribution in [0.25, 0.3) is 0 Å². The van der Waals surface area contributed by atoms with Crippen molar-refractivity contribution in [2.75, 3.05) is 32.2 Å². The Morgan fingerprint density at radius 1 is 1.33 bits per heavy atom. The molecule has 1 aromatic rings. The number of anilines is 1. The van der Waals surface area contributed by atoms with Gasteiger partial charge in [-0.05, 0) is 17.7 Å². The summed E-state index contributed by atoms with van der Waals surface area (Å²) in [5.74, 6) is 0. The van der Waals surface area contributed by atoms with Crippen LogP contribution in [0.2, 0.25) is 0 Å². The van der Waals surface area contributed by atoms with E-state index in [9.17, 15) is 0 Å². The fraction of sp³-hybridized carbons (Fsp3) is 0.500. The molecule has 1 heterocycles. The molecule has 1 atom stereocenters. The van der Waals surface area contributed by atoms with Gasteiger partial charge in [0.15, 0.2) is 0 Å². The van der Waals surface area contributed by atoms with E-state index in [1.54, 1.807) is 0 Å². The van der Waals surface area contributed by atoms with E-state index in [0.717, 1.165) is 13.2 Å². The largest absolute Gasteiger partial charge is 0.378 e. The molecule has 0 N–H and O–H groups in total. The number of ether oxygens (including phenoxy) is 2. The van der Waals surface area contributed by atoms with Crippen LogP contribution in [-0.2, 0) is 16.1 Å². The van der Waals surface area contributed by atoms with E-state index in [2.05, 4.69) is 29.2 Å². The van der Waals surface area contributed by atoms with Gasteiger partial charge in [0, 0.05) is 19.8 Å². The van der Waals surface area contributed by atoms with Crippen molar-refractivity contribution in [1.29, 1.82) is 0 Å². The summed E-state index contributed by atoms with van der Waals surface area (Å²) >= 11 is 0. The molecule has 0 saturated carbocycles. The van der Waals surface area contributed by atoms with Gasteiger partial charge in [0.2, 0.25) is 0 Å². The summed E-state index contributed by atoms with van der Waals surface area (Å²) in [5, 5.41) is 0. The lowest BCUT2D eigenvalue weighted by Crippen LogP contribution is -2.08. The van der Waals surface area contributed by atoms with Crippen LogP contribution in [-0.4, -0.2) is 33.4 Å². The zero-order valence-electron chi connectivity index (χ0n) is 9.27. The average molecular weight is 207 g/mol. The quantitative estimate of drug-likeness (QED) is 0.687. The smallest absolute Gasteiger partial charge is 0.104 e. The third kappa shape index (κ3) is 3.22. The van der Waals surface area contributed by atoms with Crippen LogP contribution in [0.4, 0.5) is 5.69 Å². The Hall–Kier alpha value is -1.06. The minimum Gasteiger partial charge on any atom is -0.378 e. The minimum atomic E-state index is 0.353. The highest BCUT2D eigenvalue weighted by molar-refractivity contribution is 5.45. The molecule has 1 saturated heterocycles. The van der Waals surface area contributed by atoms with Crippen molar-refractivity contribution in [1.82, 2.24) is 0 Å². The highest BCUT2D eigenvalue weighted by atomic mass is 16.6. The summed E-state index contributed by atoms with van der Waals surface area (Å²) in [4.78, 5) is 2.09. The molecule has 3 nitrogen and oxygen atoms in total. The minimum absolute atomic E-state index is 0.353. The normalized spacial score (nSPS) is 18.9. The molecule has 1 aromatic carbocycles. The van der Waals surface area contributed by atoms with Crippen molar-refractivity contribution in [3.8, 4) is 0 Å². The lowest BCUT2D eigenvalue weighted by molar-refractivity contribution is 0.104. The Morgan fingerprint density at radius 2 is 2.00 bits per heavy atom. The topological polar surface area (TPSA) is 25.0 Å². The standard InChI is InChI=1S/C12H17NO2/c1-13(2)11-5-3-10(4-6-11)7-14-8-12-9-15-12/h3-6,12H,7-9H2,1-2H3. The third-order valence-electron chi connectivity index (χ3n) is 2.43. The number of benzene rings is 1. The van der Waals surface area contributed by atoms with Crippen molar-refractivity contribution in [3.05, 3.63) is 29.8 Å². The number of hydrogen-bond donors (Lipinski definition) is 0. The Bertz CT molecular complexity index is 304. The number of nitrogens with zero attached hydrogens (tertiary/aromatic N) is 1. The molecule has 0 aromatic heterocycles. The van der Waals surface area contributed by atoms with Crippen molar-refractivity contribution >= 4 is 5.69 Å². The van der Waals surface area contributed by atoms with Crippen LogP contribution in [0.5, 0.6) is 0 Å². The van der Waals surface area contributed by atoms with Crippen LogP contribution in [0, 0.1) is 0 Å². The van der Waals surface area contributed by atoms with Gasteiger partial charge in [-0.3, -0.25) is 0 Å². The summed E-state index contributed by atoms with van der Waals surface area (Å²) in [5.41, 5.74) is 2.42. The van der Waals surface area contributed by atoms with Gasteiger partial charge in [-0.25, -0.2) is 0 Å². The number of rotatable bonds is 5. The summed E-state index contributed by atoms with van der Waals surface area (Å²) < 4.78 is 10.6. The number of hydrogen-bond acceptors (Lipinski definition) is 3. The average Bonchev–Trinajstić information content (AvgIpc) is 3.02. The second-order valence-electron chi connectivity index (χ2n) is 4.03. The summed E-state index contributed by atoms with van der Waals surface area (Å²) in [6.45, 7) is 2.25. The van der Waals surface area contributed by atoms with E-state index in [-0.39, 0.29) is 0 Å². The molecule has 0 aliphatic carbocycles. The molecule has 0 amide bonds. The Morgan fingerprint density at radius 3 is 2.53 bits per heavy atom. The monoisotopic (exact) mass is 207 g/mol. The lowest BCUT2D eigenvalue weighted by atomic mass is 10.2. The first kappa shape index (κ1) is 10.5. The molecule has 0 bridgehead atoms. The summed E-state index contributed by atoms with van der Waals surface area (Å²) in [6.07, 6.45) is 0.353. The van der Waals surface area contributed by atoms with Crippen molar-refractivity contribution in [2.45, 2.75) is 12.7 Å². The maximum absolute atomic E-state index is 5.51. The molecular formula is C12H17NO2. The van der Waals surface area contributed by atoms with E-state index >= 15 is 0 Å². The molecule has 1 aliphatic heterocycles. The summed E-state index contributed by atoms with van der Waals surface area (Å²) in [6, 6.07) is 8.41. The molecule has 0 spiro atoms. The zero-order chi connectivity index (χ0) is 10.7. The maximum atomic E-state index is 5.51. The second-order valence-corrected chi connectivity index (χ2v) is 4.03. The predicted molar refractivity (Wildman–Crippen MR) is 60.2 cm³/mol. The van der Waals surface area contributed by atoms with E-state index in [0.29, 0.717) is 12.7 Å². The molecule has 1 unspecified atom stereocenters. The van der Waals surface area contributed by atoms with Gasteiger partial charge >= 0.3 is 0 Å². The molecule has 3 heteroatoms. The van der Waals surface area contributed by atoms with Gasteiger partial charge in [-0.2, -0.15) is 0 Å². The molecule has 1 aliphatic rings. The van der Waals surface area contributed by atoms with Gasteiger partial charge in [0.1, 0.15) is 6.10 Å². The maximum Gasteiger partial charge on any atom is 0.104 e. The molecule has 2 rings (SSSR count). The van der Waals surface area contributed by atoms with Crippen molar-refractivity contribution in [2.24, 2.45) is 0 Å². The van der Waals surface area contributed by atoms with E-state index in [1.165, 1.54) is 11.3 Å². The van der Waals surface area contributed by atoms with Crippen LogP contribution >= 0.6 is 0 Å². The Kier molecular flexibility index (Phi) is 3.23. The first-order valence-electron chi connectivity index (χ1n) is 5.21. The lowest BCUT2D eigenvalue weighted by Gasteiger charge is -2.12. The highest BCUT2D eigenvalue weighted by Crippen LogP contribution is 2.14. The van der Waals surface area contributed by atoms with Crippen LogP contribution < -0.4 is 4.90 Å². The Labute approximate surface area is 90.6 Å². The molecule has 15 heavy (non-hydrogen) atoms. The fourth-order valence-electron chi connectivity index (χ4n) is 1.36. The molecule has 1 fully saturated rings. The third-order valence-corrected chi connectivity index (χ3v) is 2.43. The van der Waals surface area contributed by atoms with Crippen LogP contribution in [0.3, 0.4) is 0 Å². The fourth-order valence-corrected chi connectivity index (χ4v) is 1.36. The van der Waals surface area contributed by atoms with Gasteiger partial charge in [0.25, 0.3) is 0 Å². The van der Waals surface area contributed by atoms with Crippen molar-refractivity contribution in [3.63, 3.8) is 0 Å². The van der Waals surface area contributed by atoms with Gasteiger partial charge < -0.3 is 14.4 Å². The molecule has 0 radical (unpaired) electrons. The van der Waals surface area contributed by atoms with Crippen molar-refractivity contribution < 1.29 is 9.47 Å². The van der Waals surface area contributed by atoms with Gasteiger partial charge in [-0.1, -0.05) is 12.1 Å². The van der Waals surface area contributed by atoms with Crippen LogP contribution in [0.15, 0.2) is 24.3 Å². The van der Waals surface area contributed by atoms with E-state index in [1.807, 2.05) is 14.1 Å². The SMILES string of the molecule is CN(C)c1ccc(COCC2CO2)cc1. The second kappa shape index (κ2) is 4.64. The first-order valence-corrected chi connectivity index (χ1v) is 5.21. The molecular weight excluding hydrogens is 190 g/mol. The Balaban J connectivity index is 1.80. The zero-order valence-corrected chi connectivity index (χ0v) is 9.27. The van der Waals surface area contributed by atoms with Crippen LogP contribution in [0.1, 0.15) is 5.56 Å². The van der Waals surface area contributed by atoms with Gasteiger partial charge in [-0.15, -0.1) is 0 Å². The van der Waals surface area contributed by atoms with E-state index in [4.69, 9.17) is 9.47 Å². The molecule has 82 valence electrons. The highest BCUT2D eigenvalue weighted by Gasteiger charge is 2.22. The van der Waals surface area contributed by atoms with Gasteiger partial charge in [0.05, 0.1) is 19.8 Å². The summed E-state index contributed by atoms with van der Waals surface area (Å²) in [7, 11) is 4.08. The number of epoxide rings is 1.